The van der Waals surface area contributed by atoms with Crippen molar-refractivity contribution in [1.29, 1.82) is 0 Å². The molecule has 0 bridgehead atoms. The number of nitrogens with zero attached hydrogens (tertiary/aromatic N) is 2. The Morgan fingerprint density at radius 1 is 0.600 bits per heavy atom. The predicted molar refractivity (Wildman–Crippen MR) is 100 cm³/mol. The molecule has 0 saturated heterocycles. The highest BCUT2D eigenvalue weighted by Gasteiger charge is 1.92. The Kier molecular flexibility index (Phi) is 12.0. The Morgan fingerprint density at radius 3 is 1.36 bits per heavy atom. The molecule has 0 spiro atoms. The first-order chi connectivity index (χ1) is 12.4. The standard InChI is InChI=1S/C13H12.C8H12N2O2/c1-3-7-12(8-4-1)11-13-9-5-2-6-10-13;11-7-9-5-3-1-2-4-6-10-8-12/h1-10H,11H2;1-6H2. The normalized spacial score (nSPS) is 9.12. The summed E-state index contributed by atoms with van der Waals surface area (Å²) in [6.45, 7) is 1.11. The first-order valence-electron chi connectivity index (χ1n) is 8.52. The van der Waals surface area contributed by atoms with E-state index in [9.17, 15) is 9.59 Å². The Balaban J connectivity index is 0.000000252. The van der Waals surface area contributed by atoms with Crippen LogP contribution in [0.25, 0.3) is 0 Å². The maximum absolute atomic E-state index is 9.63. The van der Waals surface area contributed by atoms with Crippen molar-refractivity contribution in [2.24, 2.45) is 9.98 Å². The number of hydrogen-bond donors (Lipinski definition) is 0. The lowest BCUT2D eigenvalue weighted by Crippen LogP contribution is -1.85. The lowest BCUT2D eigenvalue weighted by molar-refractivity contribution is 0.558. The van der Waals surface area contributed by atoms with E-state index in [0.717, 1.165) is 32.1 Å². The van der Waals surface area contributed by atoms with Gasteiger partial charge in [0.05, 0.1) is 13.1 Å². The third kappa shape index (κ3) is 11.4. The molecule has 0 atom stereocenters. The van der Waals surface area contributed by atoms with Crippen molar-refractivity contribution in [1.82, 2.24) is 0 Å². The zero-order valence-electron chi connectivity index (χ0n) is 14.4. The summed E-state index contributed by atoms with van der Waals surface area (Å²) in [5.74, 6) is 0. The van der Waals surface area contributed by atoms with E-state index in [2.05, 4.69) is 70.6 Å². The lowest BCUT2D eigenvalue weighted by Gasteiger charge is -2.00. The summed E-state index contributed by atoms with van der Waals surface area (Å²) in [5.41, 5.74) is 2.74. The number of unbranched alkanes of at least 4 members (excludes halogenated alkanes) is 3. The highest BCUT2D eigenvalue weighted by Crippen LogP contribution is 2.07. The maximum atomic E-state index is 9.63. The van der Waals surface area contributed by atoms with Gasteiger partial charge in [0.15, 0.2) is 0 Å². The van der Waals surface area contributed by atoms with Crippen LogP contribution in [0.5, 0.6) is 0 Å². The predicted octanol–water partition coefficient (Wildman–Crippen LogP) is 4.50. The van der Waals surface area contributed by atoms with E-state index in [1.54, 1.807) is 0 Å². The zero-order chi connectivity index (χ0) is 18.0. The summed E-state index contributed by atoms with van der Waals surface area (Å²) in [5, 5.41) is 0. The van der Waals surface area contributed by atoms with Gasteiger partial charge in [-0.3, -0.25) is 0 Å². The summed E-state index contributed by atoms with van der Waals surface area (Å²) in [4.78, 5) is 26.1. The fourth-order valence-electron chi connectivity index (χ4n) is 2.25. The van der Waals surface area contributed by atoms with Crippen LogP contribution < -0.4 is 0 Å². The van der Waals surface area contributed by atoms with Crippen LogP contribution in [0.3, 0.4) is 0 Å². The second-order valence-corrected chi connectivity index (χ2v) is 5.51. The van der Waals surface area contributed by atoms with Crippen LogP contribution in [0.4, 0.5) is 0 Å². The van der Waals surface area contributed by atoms with Crippen LogP contribution in [-0.2, 0) is 16.0 Å². The molecule has 0 aromatic heterocycles. The molecular formula is C21H24N2O2. The first-order valence-corrected chi connectivity index (χ1v) is 8.52. The van der Waals surface area contributed by atoms with Crippen molar-refractivity contribution in [2.75, 3.05) is 13.1 Å². The van der Waals surface area contributed by atoms with Gasteiger partial charge in [-0.05, 0) is 30.4 Å². The Bertz CT molecular complexity index is 599. The molecule has 0 N–H and O–H groups in total. The van der Waals surface area contributed by atoms with Crippen molar-refractivity contribution in [3.05, 3.63) is 71.8 Å². The van der Waals surface area contributed by atoms with Gasteiger partial charge in [0.25, 0.3) is 0 Å². The van der Waals surface area contributed by atoms with Gasteiger partial charge in [-0.15, -0.1) is 0 Å². The molecule has 0 fully saturated rings. The second kappa shape index (κ2) is 14.8. The molecule has 0 saturated carbocycles. The average Bonchev–Trinajstić information content (AvgIpc) is 2.66. The maximum Gasteiger partial charge on any atom is 0.234 e. The van der Waals surface area contributed by atoms with Gasteiger partial charge in [0.1, 0.15) is 0 Å². The highest BCUT2D eigenvalue weighted by molar-refractivity contribution is 5.33. The molecule has 4 heteroatoms. The van der Waals surface area contributed by atoms with Gasteiger partial charge in [-0.1, -0.05) is 73.5 Å². The summed E-state index contributed by atoms with van der Waals surface area (Å²) in [6, 6.07) is 21.1. The fraction of sp³-hybridized carbons (Fsp3) is 0.333. The number of benzene rings is 2. The van der Waals surface area contributed by atoms with Crippen molar-refractivity contribution in [3.8, 4) is 0 Å². The van der Waals surface area contributed by atoms with E-state index in [0.29, 0.717) is 13.1 Å². The number of isocyanates is 2. The average molecular weight is 336 g/mol. The van der Waals surface area contributed by atoms with E-state index in [-0.39, 0.29) is 0 Å². The fourth-order valence-corrected chi connectivity index (χ4v) is 2.25. The van der Waals surface area contributed by atoms with Crippen molar-refractivity contribution in [3.63, 3.8) is 0 Å². The summed E-state index contributed by atoms with van der Waals surface area (Å²) >= 11 is 0. The van der Waals surface area contributed by atoms with E-state index >= 15 is 0 Å². The molecule has 130 valence electrons. The van der Waals surface area contributed by atoms with Gasteiger partial charge < -0.3 is 0 Å². The monoisotopic (exact) mass is 336 g/mol. The second-order valence-electron chi connectivity index (χ2n) is 5.51. The minimum absolute atomic E-state index is 0.556. The van der Waals surface area contributed by atoms with Crippen LogP contribution in [0.2, 0.25) is 0 Å². The molecule has 0 radical (unpaired) electrons. The molecule has 2 aromatic rings. The summed E-state index contributed by atoms with van der Waals surface area (Å²) < 4.78 is 0. The first kappa shape index (κ1) is 20.2. The molecule has 0 aliphatic rings. The largest absolute Gasteiger partial charge is 0.234 e. The number of aliphatic imine (C=N–C) groups is 2. The minimum atomic E-state index is 0.556. The topological polar surface area (TPSA) is 58.9 Å². The third-order valence-electron chi connectivity index (χ3n) is 3.51. The Morgan fingerprint density at radius 2 is 1.00 bits per heavy atom. The van der Waals surface area contributed by atoms with Crippen LogP contribution in [-0.4, -0.2) is 25.2 Å². The van der Waals surface area contributed by atoms with E-state index in [1.807, 2.05) is 0 Å². The van der Waals surface area contributed by atoms with E-state index < -0.39 is 0 Å². The van der Waals surface area contributed by atoms with Gasteiger partial charge in [0.2, 0.25) is 12.2 Å². The Labute approximate surface area is 149 Å². The Hall–Kier alpha value is -2.80. The number of hydrogen-bond acceptors (Lipinski definition) is 4. The van der Waals surface area contributed by atoms with Crippen molar-refractivity contribution in [2.45, 2.75) is 32.1 Å². The molecule has 0 aliphatic carbocycles. The van der Waals surface area contributed by atoms with E-state index in [4.69, 9.17) is 0 Å². The van der Waals surface area contributed by atoms with Gasteiger partial charge in [-0.2, -0.15) is 0 Å². The van der Waals surface area contributed by atoms with Crippen LogP contribution in [0.15, 0.2) is 70.6 Å². The molecule has 25 heavy (non-hydrogen) atoms. The van der Waals surface area contributed by atoms with Crippen LogP contribution >= 0.6 is 0 Å². The van der Waals surface area contributed by atoms with Crippen LogP contribution in [0, 0.1) is 0 Å². The molecule has 2 rings (SSSR count). The van der Waals surface area contributed by atoms with Crippen LogP contribution in [0.1, 0.15) is 36.8 Å². The quantitative estimate of drug-likeness (QED) is 0.385. The third-order valence-corrected chi connectivity index (χ3v) is 3.51. The summed E-state index contributed by atoms with van der Waals surface area (Å²) in [7, 11) is 0. The lowest BCUT2D eigenvalue weighted by atomic mass is 10.1. The van der Waals surface area contributed by atoms with Gasteiger partial charge >= 0.3 is 0 Å². The molecule has 0 unspecified atom stereocenters. The molecule has 0 heterocycles. The number of carbonyl (C=O) groups excluding carboxylic acids is 2. The zero-order valence-corrected chi connectivity index (χ0v) is 14.4. The molecule has 0 aliphatic heterocycles. The summed E-state index contributed by atoms with van der Waals surface area (Å²) in [6.07, 6.45) is 7.83. The molecule has 2 aromatic carbocycles. The minimum Gasteiger partial charge on any atom is -0.211 e. The highest BCUT2D eigenvalue weighted by atomic mass is 16.1. The van der Waals surface area contributed by atoms with Gasteiger partial charge in [0, 0.05) is 0 Å². The van der Waals surface area contributed by atoms with Crippen molar-refractivity contribution < 1.29 is 9.59 Å². The molecular weight excluding hydrogens is 312 g/mol. The SMILES string of the molecule is O=C=NCCCCCCN=C=O.c1ccc(Cc2ccccc2)cc1. The molecule has 0 amide bonds. The van der Waals surface area contributed by atoms with Crippen molar-refractivity contribution >= 4 is 12.2 Å². The molecule has 4 nitrogen and oxygen atoms in total. The smallest absolute Gasteiger partial charge is 0.211 e. The van der Waals surface area contributed by atoms with Gasteiger partial charge in [-0.25, -0.2) is 19.6 Å². The van der Waals surface area contributed by atoms with E-state index in [1.165, 1.54) is 23.3 Å². The number of rotatable bonds is 9.